The lowest BCUT2D eigenvalue weighted by Gasteiger charge is -2.18. The summed E-state index contributed by atoms with van der Waals surface area (Å²) in [4.78, 5) is 18.0. The summed E-state index contributed by atoms with van der Waals surface area (Å²) in [6.07, 6.45) is 1.75. The molecule has 3 rings (SSSR count). The number of carbonyl (C=O) groups is 1. The zero-order chi connectivity index (χ0) is 19.9. The van der Waals surface area contributed by atoms with Crippen LogP contribution in [0.15, 0.2) is 71.9 Å². The Morgan fingerprint density at radius 2 is 1.96 bits per heavy atom. The van der Waals surface area contributed by atoms with E-state index in [1.807, 2.05) is 36.4 Å². The van der Waals surface area contributed by atoms with Crippen molar-refractivity contribution in [2.75, 3.05) is 12.4 Å². The second-order valence-corrected chi connectivity index (χ2v) is 7.17. The lowest BCUT2D eigenvalue weighted by molar-refractivity contribution is 0.220. The molecule has 0 aliphatic carbocycles. The zero-order valence-corrected chi connectivity index (χ0v) is 16.0. The van der Waals surface area contributed by atoms with Gasteiger partial charge < -0.3 is 10.2 Å². The molecule has 3 aromatic rings. The number of benzene rings is 2. The molecule has 0 radical (unpaired) electrons. The first-order valence-corrected chi connectivity index (χ1v) is 9.58. The van der Waals surface area contributed by atoms with E-state index in [4.69, 9.17) is 0 Å². The minimum atomic E-state index is -0.673. The number of thioether (sulfide) groups is 1. The fourth-order valence-electron chi connectivity index (χ4n) is 2.52. The summed E-state index contributed by atoms with van der Waals surface area (Å²) in [5.41, 5.74) is 1.94. The molecule has 144 valence electrons. The van der Waals surface area contributed by atoms with E-state index in [0.717, 1.165) is 22.4 Å². The van der Waals surface area contributed by atoms with Crippen LogP contribution in [0.1, 0.15) is 11.1 Å². The van der Waals surface area contributed by atoms with Crippen LogP contribution < -0.4 is 5.32 Å². The normalized spacial score (nSPS) is 10.5. The Morgan fingerprint density at radius 1 is 1.11 bits per heavy atom. The van der Waals surface area contributed by atoms with E-state index in [1.54, 1.807) is 31.1 Å². The van der Waals surface area contributed by atoms with Crippen molar-refractivity contribution in [3.63, 3.8) is 0 Å². The standard InChI is InChI=1S/C21H19F2N3OS/c1-26(13-16-8-9-17(22)12-19(16)23)21(27)25-18-6-4-5-15(11-18)14-28-20-7-2-3-10-24-20/h2-12H,13-14H2,1H3,(H,25,27). The summed E-state index contributed by atoms with van der Waals surface area (Å²) in [6, 6.07) is 16.2. The molecule has 0 fully saturated rings. The van der Waals surface area contributed by atoms with Crippen LogP contribution in [0.4, 0.5) is 19.3 Å². The van der Waals surface area contributed by atoms with E-state index in [1.165, 1.54) is 17.0 Å². The van der Waals surface area contributed by atoms with Crippen LogP contribution in [0.5, 0.6) is 0 Å². The van der Waals surface area contributed by atoms with E-state index in [0.29, 0.717) is 5.69 Å². The third-order valence-corrected chi connectivity index (χ3v) is 4.99. The number of hydrogen-bond acceptors (Lipinski definition) is 3. The van der Waals surface area contributed by atoms with Gasteiger partial charge in [-0.2, -0.15) is 0 Å². The second kappa shape index (κ2) is 9.32. The van der Waals surface area contributed by atoms with E-state index in [2.05, 4.69) is 10.3 Å². The lowest BCUT2D eigenvalue weighted by Crippen LogP contribution is -2.31. The van der Waals surface area contributed by atoms with Gasteiger partial charge in [-0.1, -0.05) is 24.3 Å². The minimum Gasteiger partial charge on any atom is -0.323 e. The first kappa shape index (κ1) is 19.8. The maximum absolute atomic E-state index is 13.8. The number of amides is 2. The first-order valence-electron chi connectivity index (χ1n) is 8.60. The van der Waals surface area contributed by atoms with Gasteiger partial charge in [-0.25, -0.2) is 18.6 Å². The molecule has 0 saturated heterocycles. The van der Waals surface area contributed by atoms with E-state index in [9.17, 15) is 13.6 Å². The Labute approximate surface area is 166 Å². The molecule has 2 amide bonds. The van der Waals surface area contributed by atoms with Gasteiger partial charge in [-0.3, -0.25) is 0 Å². The number of nitrogens with zero attached hydrogens (tertiary/aromatic N) is 2. The van der Waals surface area contributed by atoms with Crippen molar-refractivity contribution in [1.82, 2.24) is 9.88 Å². The molecule has 0 aliphatic rings. The van der Waals surface area contributed by atoms with Crippen LogP contribution in [0.2, 0.25) is 0 Å². The van der Waals surface area contributed by atoms with Crippen LogP contribution in [0.25, 0.3) is 0 Å². The predicted molar refractivity (Wildman–Crippen MR) is 107 cm³/mol. The Hall–Kier alpha value is -2.93. The molecule has 4 nitrogen and oxygen atoms in total. The first-order chi connectivity index (χ1) is 13.5. The van der Waals surface area contributed by atoms with E-state index >= 15 is 0 Å². The average Bonchev–Trinajstić information content (AvgIpc) is 2.69. The molecule has 0 saturated carbocycles. The molecule has 0 aliphatic heterocycles. The minimum absolute atomic E-state index is 0.0349. The molecule has 0 spiro atoms. The van der Waals surface area contributed by atoms with Crippen molar-refractivity contribution in [2.24, 2.45) is 0 Å². The summed E-state index contributed by atoms with van der Waals surface area (Å²) in [5, 5.41) is 3.73. The lowest BCUT2D eigenvalue weighted by atomic mass is 10.2. The summed E-state index contributed by atoms with van der Waals surface area (Å²) in [7, 11) is 1.55. The Morgan fingerprint density at radius 3 is 2.71 bits per heavy atom. The van der Waals surface area contributed by atoms with Crippen LogP contribution in [0, 0.1) is 11.6 Å². The largest absolute Gasteiger partial charge is 0.323 e. The van der Waals surface area contributed by atoms with Gasteiger partial charge in [0, 0.05) is 42.9 Å². The van der Waals surface area contributed by atoms with Gasteiger partial charge in [0.15, 0.2) is 0 Å². The van der Waals surface area contributed by atoms with Crippen molar-refractivity contribution in [3.8, 4) is 0 Å². The number of anilines is 1. The van der Waals surface area contributed by atoms with Gasteiger partial charge in [0.1, 0.15) is 11.6 Å². The number of aromatic nitrogens is 1. The molecule has 1 N–H and O–H groups in total. The molecular weight excluding hydrogens is 380 g/mol. The van der Waals surface area contributed by atoms with Crippen LogP contribution in [0.3, 0.4) is 0 Å². The van der Waals surface area contributed by atoms with Crippen LogP contribution in [-0.2, 0) is 12.3 Å². The third-order valence-electron chi connectivity index (χ3n) is 3.97. The van der Waals surface area contributed by atoms with Crippen molar-refractivity contribution in [3.05, 3.63) is 89.6 Å². The maximum Gasteiger partial charge on any atom is 0.321 e. The maximum atomic E-state index is 13.8. The van der Waals surface area contributed by atoms with E-state index in [-0.39, 0.29) is 18.1 Å². The summed E-state index contributed by atoms with van der Waals surface area (Å²) in [5.74, 6) is -0.598. The van der Waals surface area contributed by atoms with Crippen molar-refractivity contribution in [2.45, 2.75) is 17.3 Å². The highest BCUT2D eigenvalue weighted by Gasteiger charge is 2.13. The van der Waals surface area contributed by atoms with Crippen molar-refractivity contribution in [1.29, 1.82) is 0 Å². The molecule has 28 heavy (non-hydrogen) atoms. The monoisotopic (exact) mass is 399 g/mol. The van der Waals surface area contributed by atoms with Crippen molar-refractivity contribution < 1.29 is 13.6 Å². The molecule has 7 heteroatoms. The van der Waals surface area contributed by atoms with Gasteiger partial charge in [0.25, 0.3) is 0 Å². The Kier molecular flexibility index (Phi) is 6.60. The van der Waals surface area contributed by atoms with Crippen LogP contribution in [-0.4, -0.2) is 23.0 Å². The highest BCUT2D eigenvalue weighted by Crippen LogP contribution is 2.22. The second-order valence-electron chi connectivity index (χ2n) is 6.18. The fraction of sp³-hybridized carbons (Fsp3) is 0.143. The topological polar surface area (TPSA) is 45.2 Å². The quantitative estimate of drug-likeness (QED) is 0.571. The molecule has 1 aromatic heterocycles. The number of rotatable bonds is 6. The number of urea groups is 1. The summed E-state index contributed by atoms with van der Waals surface area (Å²) in [6.45, 7) is 0.0349. The molecule has 1 heterocycles. The number of pyridine rings is 1. The number of hydrogen-bond donors (Lipinski definition) is 1. The van der Waals surface area contributed by atoms with Crippen molar-refractivity contribution >= 4 is 23.5 Å². The van der Waals surface area contributed by atoms with Gasteiger partial charge in [-0.05, 0) is 35.9 Å². The summed E-state index contributed by atoms with van der Waals surface area (Å²) >= 11 is 1.61. The Balaban J connectivity index is 1.58. The van der Waals surface area contributed by atoms with Gasteiger partial charge in [0.2, 0.25) is 0 Å². The van der Waals surface area contributed by atoms with E-state index < -0.39 is 11.6 Å². The van der Waals surface area contributed by atoms with Gasteiger partial charge >= 0.3 is 6.03 Å². The Bertz CT molecular complexity index is 953. The number of halogens is 2. The fourth-order valence-corrected chi connectivity index (χ4v) is 3.33. The molecule has 2 aromatic carbocycles. The number of nitrogens with one attached hydrogen (secondary N) is 1. The molecule has 0 unspecified atom stereocenters. The third kappa shape index (κ3) is 5.53. The van der Waals surface area contributed by atoms with Gasteiger partial charge in [-0.15, -0.1) is 11.8 Å². The van der Waals surface area contributed by atoms with Crippen LogP contribution >= 0.6 is 11.8 Å². The highest BCUT2D eigenvalue weighted by atomic mass is 32.2. The van der Waals surface area contributed by atoms with Gasteiger partial charge in [0.05, 0.1) is 5.03 Å². The molecule has 0 bridgehead atoms. The highest BCUT2D eigenvalue weighted by molar-refractivity contribution is 7.98. The molecule has 0 atom stereocenters. The molecular formula is C21H19F2N3OS. The summed E-state index contributed by atoms with van der Waals surface area (Å²) < 4.78 is 26.8. The SMILES string of the molecule is CN(Cc1ccc(F)cc1F)C(=O)Nc1cccc(CSc2ccccn2)c1. The smallest absolute Gasteiger partial charge is 0.321 e. The zero-order valence-electron chi connectivity index (χ0n) is 15.2. The average molecular weight is 399 g/mol. The predicted octanol–water partition coefficient (Wildman–Crippen LogP) is 5.32. The number of carbonyl (C=O) groups excluding carboxylic acids is 1.